The lowest BCUT2D eigenvalue weighted by Crippen LogP contribution is -2.10. The second kappa shape index (κ2) is 8.01. The number of nitrogens with zero attached hydrogens (tertiary/aromatic N) is 3. The maximum atomic E-state index is 13.7. The molecule has 0 atom stereocenters. The molecule has 0 amide bonds. The van der Waals surface area contributed by atoms with E-state index >= 15 is 0 Å². The van der Waals surface area contributed by atoms with E-state index < -0.39 is 17.5 Å². The second-order valence-electron chi connectivity index (χ2n) is 5.32. The SMILES string of the molecule is Fc1ccc(Nc2cnnc(NCCc3cccc(Cl)c3)n2)c(F)c1F. The molecule has 3 aromatic rings. The Morgan fingerprint density at radius 1 is 1.04 bits per heavy atom. The molecule has 0 bridgehead atoms. The zero-order valence-corrected chi connectivity index (χ0v) is 14.1. The predicted molar refractivity (Wildman–Crippen MR) is 93.1 cm³/mol. The predicted octanol–water partition coefficient (Wildman–Crippen LogP) is 4.34. The molecule has 0 aliphatic rings. The fourth-order valence-corrected chi connectivity index (χ4v) is 2.42. The molecule has 0 aliphatic heterocycles. The topological polar surface area (TPSA) is 62.7 Å². The average Bonchev–Trinajstić information content (AvgIpc) is 2.63. The number of aromatic nitrogens is 3. The number of halogens is 4. The summed E-state index contributed by atoms with van der Waals surface area (Å²) in [6, 6.07) is 9.33. The molecule has 5 nitrogen and oxygen atoms in total. The van der Waals surface area contributed by atoms with Crippen molar-refractivity contribution in [1.82, 2.24) is 15.2 Å². The van der Waals surface area contributed by atoms with Crippen molar-refractivity contribution in [3.63, 3.8) is 0 Å². The van der Waals surface area contributed by atoms with Crippen molar-refractivity contribution in [1.29, 1.82) is 0 Å². The third kappa shape index (κ3) is 4.40. The van der Waals surface area contributed by atoms with Gasteiger partial charge in [-0.3, -0.25) is 0 Å². The van der Waals surface area contributed by atoms with Crippen molar-refractivity contribution < 1.29 is 13.2 Å². The zero-order valence-electron chi connectivity index (χ0n) is 13.3. The van der Waals surface area contributed by atoms with Crippen molar-refractivity contribution in [3.05, 3.63) is 70.6 Å². The molecule has 0 unspecified atom stereocenters. The third-order valence-corrected chi connectivity index (χ3v) is 3.68. The summed E-state index contributed by atoms with van der Waals surface area (Å²) in [5, 5.41) is 13.7. The van der Waals surface area contributed by atoms with Crippen LogP contribution in [-0.4, -0.2) is 21.7 Å². The third-order valence-electron chi connectivity index (χ3n) is 3.44. The first-order valence-corrected chi connectivity index (χ1v) is 7.99. The maximum Gasteiger partial charge on any atom is 0.244 e. The van der Waals surface area contributed by atoms with Gasteiger partial charge in [-0.1, -0.05) is 23.7 Å². The lowest BCUT2D eigenvalue weighted by Gasteiger charge is -2.09. The van der Waals surface area contributed by atoms with Gasteiger partial charge in [-0.15, -0.1) is 5.10 Å². The van der Waals surface area contributed by atoms with E-state index in [0.717, 1.165) is 17.7 Å². The molecule has 26 heavy (non-hydrogen) atoms. The lowest BCUT2D eigenvalue weighted by molar-refractivity contribution is 0.449. The van der Waals surface area contributed by atoms with Gasteiger partial charge < -0.3 is 10.6 Å². The summed E-state index contributed by atoms with van der Waals surface area (Å²) < 4.78 is 39.9. The molecule has 0 aliphatic carbocycles. The smallest absolute Gasteiger partial charge is 0.244 e. The van der Waals surface area contributed by atoms with Crippen molar-refractivity contribution in [3.8, 4) is 0 Å². The first-order valence-electron chi connectivity index (χ1n) is 7.61. The van der Waals surface area contributed by atoms with Crippen LogP contribution >= 0.6 is 11.6 Å². The summed E-state index contributed by atoms with van der Waals surface area (Å²) >= 11 is 5.93. The minimum atomic E-state index is -1.56. The molecule has 0 spiro atoms. The Labute approximate surface area is 152 Å². The molecule has 0 saturated carbocycles. The Kier molecular flexibility index (Phi) is 5.52. The van der Waals surface area contributed by atoms with Gasteiger partial charge in [0.25, 0.3) is 0 Å². The van der Waals surface area contributed by atoms with Crippen molar-refractivity contribution in [2.45, 2.75) is 6.42 Å². The normalized spacial score (nSPS) is 10.6. The van der Waals surface area contributed by atoms with E-state index in [1.54, 1.807) is 6.07 Å². The van der Waals surface area contributed by atoms with Crippen molar-refractivity contribution >= 4 is 29.1 Å². The Morgan fingerprint density at radius 3 is 2.69 bits per heavy atom. The fraction of sp³-hybridized carbons (Fsp3) is 0.118. The Hall–Kier alpha value is -2.87. The monoisotopic (exact) mass is 379 g/mol. The highest BCUT2D eigenvalue weighted by Gasteiger charge is 2.14. The van der Waals surface area contributed by atoms with E-state index in [1.807, 2.05) is 18.2 Å². The zero-order chi connectivity index (χ0) is 18.5. The summed E-state index contributed by atoms with van der Waals surface area (Å²) in [5.41, 5.74) is 0.783. The van der Waals surface area contributed by atoms with E-state index in [4.69, 9.17) is 11.6 Å². The summed E-state index contributed by atoms with van der Waals surface area (Å²) in [7, 11) is 0. The van der Waals surface area contributed by atoms with Crippen LogP contribution in [0.5, 0.6) is 0 Å². The molecule has 0 fully saturated rings. The van der Waals surface area contributed by atoms with E-state index in [2.05, 4.69) is 25.8 Å². The van der Waals surface area contributed by atoms with Gasteiger partial charge in [0.1, 0.15) is 0 Å². The molecular weight excluding hydrogens is 367 g/mol. The molecule has 0 radical (unpaired) electrons. The lowest BCUT2D eigenvalue weighted by atomic mass is 10.1. The van der Waals surface area contributed by atoms with E-state index in [9.17, 15) is 13.2 Å². The minimum absolute atomic E-state index is 0.134. The van der Waals surface area contributed by atoms with Gasteiger partial charge in [0.05, 0.1) is 11.9 Å². The molecule has 2 N–H and O–H groups in total. The van der Waals surface area contributed by atoms with Gasteiger partial charge in [0, 0.05) is 11.6 Å². The van der Waals surface area contributed by atoms with E-state index in [0.29, 0.717) is 18.0 Å². The van der Waals surface area contributed by atoms with Gasteiger partial charge in [-0.25, -0.2) is 13.2 Å². The van der Waals surface area contributed by atoms with Crippen LogP contribution in [0.3, 0.4) is 0 Å². The summed E-state index contributed by atoms with van der Waals surface area (Å²) in [5.74, 6) is -3.82. The number of nitrogens with one attached hydrogen (secondary N) is 2. The molecule has 1 aromatic heterocycles. The number of hydrogen-bond acceptors (Lipinski definition) is 5. The summed E-state index contributed by atoms with van der Waals surface area (Å²) in [6.45, 7) is 0.519. The summed E-state index contributed by atoms with van der Waals surface area (Å²) in [4.78, 5) is 4.11. The molecular formula is C17H13ClF3N5. The first-order chi connectivity index (χ1) is 12.5. The molecule has 2 aromatic carbocycles. The van der Waals surface area contributed by atoms with Crippen LogP contribution < -0.4 is 10.6 Å². The van der Waals surface area contributed by atoms with Crippen LogP contribution in [0, 0.1) is 17.5 Å². The number of anilines is 3. The van der Waals surface area contributed by atoms with Crippen LogP contribution in [0.2, 0.25) is 5.02 Å². The number of benzene rings is 2. The van der Waals surface area contributed by atoms with Crippen molar-refractivity contribution in [2.75, 3.05) is 17.2 Å². The Bertz CT molecular complexity index is 923. The average molecular weight is 380 g/mol. The van der Waals surface area contributed by atoms with Gasteiger partial charge in [-0.05, 0) is 36.2 Å². The molecule has 1 heterocycles. The maximum absolute atomic E-state index is 13.7. The largest absolute Gasteiger partial charge is 0.353 e. The Morgan fingerprint density at radius 2 is 1.88 bits per heavy atom. The van der Waals surface area contributed by atoms with Crippen LogP contribution in [0.1, 0.15) is 5.56 Å². The van der Waals surface area contributed by atoms with Gasteiger partial charge in [-0.2, -0.15) is 10.1 Å². The van der Waals surface area contributed by atoms with Gasteiger partial charge in [0.2, 0.25) is 5.95 Å². The molecule has 0 saturated heterocycles. The highest BCUT2D eigenvalue weighted by molar-refractivity contribution is 6.30. The number of rotatable bonds is 6. The fourth-order valence-electron chi connectivity index (χ4n) is 2.21. The standard InChI is InChI=1S/C17H13ClF3N5/c18-11-3-1-2-10(8-11)6-7-22-17-25-14(9-23-26-17)24-13-5-4-12(19)15(20)16(13)21/h1-5,8-9H,6-7H2,(H2,22,24,25,26). The van der Waals surface area contributed by atoms with Gasteiger partial charge >= 0.3 is 0 Å². The first kappa shape index (κ1) is 17.9. The minimum Gasteiger partial charge on any atom is -0.353 e. The van der Waals surface area contributed by atoms with Crippen LogP contribution in [0.15, 0.2) is 42.6 Å². The molecule has 134 valence electrons. The summed E-state index contributed by atoms with van der Waals surface area (Å²) in [6.07, 6.45) is 1.92. The highest BCUT2D eigenvalue weighted by Crippen LogP contribution is 2.22. The van der Waals surface area contributed by atoms with Crippen LogP contribution in [0.25, 0.3) is 0 Å². The Balaban J connectivity index is 1.64. The second-order valence-corrected chi connectivity index (χ2v) is 5.76. The van der Waals surface area contributed by atoms with Gasteiger partial charge in [0.15, 0.2) is 23.3 Å². The number of hydrogen-bond donors (Lipinski definition) is 2. The highest BCUT2D eigenvalue weighted by atomic mass is 35.5. The van der Waals surface area contributed by atoms with Crippen LogP contribution in [-0.2, 0) is 6.42 Å². The quantitative estimate of drug-likeness (QED) is 0.624. The van der Waals surface area contributed by atoms with Crippen molar-refractivity contribution in [2.24, 2.45) is 0 Å². The molecule has 9 heteroatoms. The van der Waals surface area contributed by atoms with E-state index in [-0.39, 0.29) is 17.5 Å². The van der Waals surface area contributed by atoms with Crippen LogP contribution in [0.4, 0.5) is 30.6 Å². The molecule has 3 rings (SSSR count). The van der Waals surface area contributed by atoms with E-state index in [1.165, 1.54) is 6.20 Å².